The highest BCUT2D eigenvalue weighted by Gasteiger charge is 2.26. The molecular formula is C18H21N5O6S. The number of carbonyl (C=O) groups excluding carboxylic acids is 2. The number of nitrogens with two attached hydrogens (primary N) is 1. The fourth-order valence-corrected chi connectivity index (χ4v) is 4.07. The van der Waals surface area contributed by atoms with Crippen molar-refractivity contribution in [3.8, 4) is 0 Å². The van der Waals surface area contributed by atoms with E-state index in [9.17, 15) is 18.0 Å². The molecule has 1 aliphatic heterocycles. The van der Waals surface area contributed by atoms with E-state index in [2.05, 4.69) is 15.3 Å². The maximum atomic E-state index is 12.6. The van der Waals surface area contributed by atoms with Crippen LogP contribution in [0.5, 0.6) is 0 Å². The van der Waals surface area contributed by atoms with E-state index in [-0.39, 0.29) is 16.4 Å². The Morgan fingerprint density at radius 2 is 1.80 bits per heavy atom. The van der Waals surface area contributed by atoms with Gasteiger partial charge < -0.3 is 20.5 Å². The van der Waals surface area contributed by atoms with Crippen LogP contribution in [0.25, 0.3) is 0 Å². The number of aromatic nitrogens is 2. The molecule has 0 bridgehead atoms. The molecule has 0 radical (unpaired) electrons. The quantitative estimate of drug-likeness (QED) is 0.608. The minimum absolute atomic E-state index is 0.104. The molecule has 3 rings (SSSR count). The molecule has 1 amide bonds. The molecule has 2 heterocycles. The number of nitrogens with one attached hydrogen (secondary N) is 1. The Morgan fingerprint density at radius 3 is 2.43 bits per heavy atom. The first kappa shape index (κ1) is 21.6. The zero-order valence-corrected chi connectivity index (χ0v) is 17.0. The number of esters is 1. The standard InChI is InChI=1S/C18H21N5O6S/c1-12(29-18(25)15-16(19)21-7-6-20-15)17(24)22-13-2-4-14(5-3-13)30(26,27)23-8-10-28-11-9-23/h2-7,12H,8-11H2,1H3,(H2,19,21)(H,22,24). The molecule has 160 valence electrons. The number of amides is 1. The maximum absolute atomic E-state index is 12.6. The van der Waals surface area contributed by atoms with Crippen LogP contribution in [0.15, 0.2) is 41.6 Å². The lowest BCUT2D eigenvalue weighted by molar-refractivity contribution is -0.123. The summed E-state index contributed by atoms with van der Waals surface area (Å²) in [6.45, 7) is 2.67. The van der Waals surface area contributed by atoms with E-state index in [1.807, 2.05) is 0 Å². The average Bonchev–Trinajstić information content (AvgIpc) is 2.75. The van der Waals surface area contributed by atoms with Crippen LogP contribution in [0.3, 0.4) is 0 Å². The summed E-state index contributed by atoms with van der Waals surface area (Å²) in [7, 11) is -3.63. The van der Waals surface area contributed by atoms with Crippen molar-refractivity contribution in [2.45, 2.75) is 17.9 Å². The summed E-state index contributed by atoms with van der Waals surface area (Å²) in [5.74, 6) is -1.59. The minimum Gasteiger partial charge on any atom is -0.448 e. The van der Waals surface area contributed by atoms with E-state index in [4.69, 9.17) is 15.2 Å². The number of anilines is 2. The normalized spacial score (nSPS) is 15.9. The second-order valence-electron chi connectivity index (χ2n) is 6.37. The fourth-order valence-electron chi connectivity index (χ4n) is 2.67. The first-order valence-corrected chi connectivity index (χ1v) is 10.5. The third-order valence-electron chi connectivity index (χ3n) is 4.30. The molecule has 1 fully saturated rings. The second-order valence-corrected chi connectivity index (χ2v) is 8.31. The Kier molecular flexibility index (Phi) is 6.59. The van der Waals surface area contributed by atoms with Crippen molar-refractivity contribution in [2.75, 3.05) is 37.4 Å². The highest BCUT2D eigenvalue weighted by molar-refractivity contribution is 7.89. The summed E-state index contributed by atoms with van der Waals surface area (Å²) in [5, 5.41) is 2.56. The smallest absolute Gasteiger partial charge is 0.361 e. The number of carbonyl (C=O) groups is 2. The number of benzene rings is 1. The van der Waals surface area contributed by atoms with Crippen LogP contribution in [-0.4, -0.2) is 67.0 Å². The number of morpholine rings is 1. The van der Waals surface area contributed by atoms with Gasteiger partial charge in [-0.15, -0.1) is 0 Å². The summed E-state index contributed by atoms with van der Waals surface area (Å²) >= 11 is 0. The van der Waals surface area contributed by atoms with Gasteiger partial charge in [0.2, 0.25) is 10.0 Å². The molecule has 0 saturated carbocycles. The highest BCUT2D eigenvalue weighted by atomic mass is 32.2. The molecule has 0 aliphatic carbocycles. The summed E-state index contributed by atoms with van der Waals surface area (Å²) < 4.78 is 36.8. The van der Waals surface area contributed by atoms with E-state index < -0.39 is 28.0 Å². The molecule has 2 aromatic rings. The van der Waals surface area contributed by atoms with Crippen molar-refractivity contribution in [2.24, 2.45) is 0 Å². The van der Waals surface area contributed by atoms with Crippen LogP contribution in [0, 0.1) is 0 Å². The number of nitrogen functional groups attached to an aromatic ring is 1. The fraction of sp³-hybridized carbons (Fsp3) is 0.333. The molecule has 1 unspecified atom stereocenters. The number of nitrogens with zero attached hydrogens (tertiary/aromatic N) is 3. The SMILES string of the molecule is CC(OC(=O)c1nccnc1N)C(=O)Nc1ccc(S(=O)(=O)N2CCOCC2)cc1. The number of ether oxygens (including phenoxy) is 2. The molecule has 0 spiro atoms. The van der Waals surface area contributed by atoms with Crippen molar-refractivity contribution in [1.82, 2.24) is 14.3 Å². The minimum atomic E-state index is -3.63. The largest absolute Gasteiger partial charge is 0.448 e. The van der Waals surface area contributed by atoms with Gasteiger partial charge >= 0.3 is 5.97 Å². The first-order chi connectivity index (χ1) is 14.3. The van der Waals surface area contributed by atoms with Gasteiger partial charge in [0.15, 0.2) is 17.6 Å². The number of hydrogen-bond donors (Lipinski definition) is 2. The van der Waals surface area contributed by atoms with E-state index in [1.54, 1.807) is 0 Å². The van der Waals surface area contributed by atoms with Crippen LogP contribution in [-0.2, 0) is 24.3 Å². The van der Waals surface area contributed by atoms with Crippen LogP contribution in [0.4, 0.5) is 11.5 Å². The van der Waals surface area contributed by atoms with Crippen molar-refractivity contribution in [3.63, 3.8) is 0 Å². The molecule has 11 nitrogen and oxygen atoms in total. The van der Waals surface area contributed by atoms with Gasteiger partial charge in [0, 0.05) is 31.2 Å². The van der Waals surface area contributed by atoms with E-state index in [0.717, 1.165) is 0 Å². The zero-order valence-electron chi connectivity index (χ0n) is 16.1. The Labute approximate surface area is 173 Å². The molecule has 1 saturated heterocycles. The second kappa shape index (κ2) is 9.15. The predicted octanol–water partition coefficient (Wildman–Crippen LogP) is 0.264. The number of rotatable bonds is 6. The molecule has 30 heavy (non-hydrogen) atoms. The third kappa shape index (κ3) is 4.90. The summed E-state index contributed by atoms with van der Waals surface area (Å²) in [5.41, 5.74) is 5.73. The number of sulfonamides is 1. The van der Waals surface area contributed by atoms with E-state index >= 15 is 0 Å². The summed E-state index contributed by atoms with van der Waals surface area (Å²) in [4.78, 5) is 32.0. The molecular weight excluding hydrogens is 414 g/mol. The van der Waals surface area contributed by atoms with Crippen molar-refractivity contribution >= 4 is 33.4 Å². The van der Waals surface area contributed by atoms with Crippen LogP contribution < -0.4 is 11.1 Å². The van der Waals surface area contributed by atoms with Crippen LogP contribution in [0.1, 0.15) is 17.4 Å². The molecule has 3 N–H and O–H groups in total. The zero-order chi connectivity index (χ0) is 21.7. The molecule has 1 aromatic carbocycles. The molecule has 1 aliphatic rings. The molecule has 1 atom stereocenters. The number of hydrogen-bond acceptors (Lipinski definition) is 9. The van der Waals surface area contributed by atoms with Crippen molar-refractivity contribution in [3.05, 3.63) is 42.4 Å². The van der Waals surface area contributed by atoms with Crippen LogP contribution >= 0.6 is 0 Å². The van der Waals surface area contributed by atoms with Gasteiger partial charge in [-0.1, -0.05) is 0 Å². The van der Waals surface area contributed by atoms with Gasteiger partial charge in [-0.3, -0.25) is 4.79 Å². The average molecular weight is 435 g/mol. The van der Waals surface area contributed by atoms with E-state index in [1.165, 1.54) is 47.9 Å². The Hall–Kier alpha value is -3.09. The Balaban J connectivity index is 1.61. The van der Waals surface area contributed by atoms with E-state index in [0.29, 0.717) is 32.0 Å². The summed E-state index contributed by atoms with van der Waals surface area (Å²) in [6.07, 6.45) is 1.46. The van der Waals surface area contributed by atoms with Gasteiger partial charge in [0.1, 0.15) is 0 Å². The lowest BCUT2D eigenvalue weighted by Crippen LogP contribution is -2.40. The Morgan fingerprint density at radius 1 is 1.17 bits per heavy atom. The van der Waals surface area contributed by atoms with Gasteiger partial charge in [-0.2, -0.15) is 4.31 Å². The molecule has 12 heteroatoms. The maximum Gasteiger partial charge on any atom is 0.361 e. The van der Waals surface area contributed by atoms with Gasteiger partial charge in [-0.25, -0.2) is 23.2 Å². The summed E-state index contributed by atoms with van der Waals surface area (Å²) in [6, 6.07) is 5.72. The van der Waals surface area contributed by atoms with Crippen molar-refractivity contribution < 1.29 is 27.5 Å². The Bertz CT molecular complexity index is 1020. The lowest BCUT2D eigenvalue weighted by Gasteiger charge is -2.26. The van der Waals surface area contributed by atoms with Crippen molar-refractivity contribution in [1.29, 1.82) is 0 Å². The van der Waals surface area contributed by atoms with Crippen LogP contribution in [0.2, 0.25) is 0 Å². The molecule has 1 aromatic heterocycles. The third-order valence-corrected chi connectivity index (χ3v) is 6.22. The first-order valence-electron chi connectivity index (χ1n) is 9.05. The lowest BCUT2D eigenvalue weighted by atomic mass is 10.3. The topological polar surface area (TPSA) is 154 Å². The highest BCUT2D eigenvalue weighted by Crippen LogP contribution is 2.19. The van der Waals surface area contributed by atoms with Gasteiger partial charge in [-0.05, 0) is 31.2 Å². The monoisotopic (exact) mass is 435 g/mol. The predicted molar refractivity (Wildman–Crippen MR) is 106 cm³/mol. The van der Waals surface area contributed by atoms with Gasteiger partial charge in [0.25, 0.3) is 5.91 Å². The van der Waals surface area contributed by atoms with Gasteiger partial charge in [0.05, 0.1) is 18.1 Å².